The molecule has 2 aromatic carbocycles. The lowest BCUT2D eigenvalue weighted by Crippen LogP contribution is -2.25. The number of unbranched alkanes of at least 4 members (excludes halogenated alkanes) is 6. The van der Waals surface area contributed by atoms with Crippen LogP contribution in [0, 0.1) is 0 Å². The van der Waals surface area contributed by atoms with E-state index in [9.17, 15) is 4.79 Å². The maximum Gasteiger partial charge on any atom is 0.262 e. The summed E-state index contributed by atoms with van der Waals surface area (Å²) >= 11 is 0. The number of amides is 1. The zero-order valence-electron chi connectivity index (χ0n) is 16.2. The summed E-state index contributed by atoms with van der Waals surface area (Å²) in [5, 5.41) is 2.26. The van der Waals surface area contributed by atoms with Crippen LogP contribution in [-0.2, 0) is 4.79 Å². The molecule has 1 fully saturated rings. The van der Waals surface area contributed by atoms with Gasteiger partial charge in [-0.15, -0.1) is 0 Å². The molecule has 4 nitrogen and oxygen atoms in total. The molecule has 2 aromatic rings. The van der Waals surface area contributed by atoms with Crippen molar-refractivity contribution in [1.82, 2.24) is 10.9 Å². The number of carbonyl (C=O) groups is 1. The molecule has 1 aliphatic heterocycles. The van der Waals surface area contributed by atoms with E-state index in [0.29, 0.717) is 13.2 Å². The summed E-state index contributed by atoms with van der Waals surface area (Å²) in [4.78, 5) is 12.0. The Morgan fingerprint density at radius 3 is 2.56 bits per heavy atom. The third-order valence-corrected chi connectivity index (χ3v) is 5.03. The van der Waals surface area contributed by atoms with Crippen LogP contribution in [0.2, 0.25) is 0 Å². The van der Waals surface area contributed by atoms with Crippen molar-refractivity contribution in [1.29, 1.82) is 0 Å². The number of rotatable bonds is 10. The Hall–Kier alpha value is -2.33. The fourth-order valence-electron chi connectivity index (χ4n) is 3.46. The van der Waals surface area contributed by atoms with Crippen molar-refractivity contribution in [3.05, 3.63) is 47.5 Å². The average molecular weight is 367 g/mol. The van der Waals surface area contributed by atoms with Gasteiger partial charge in [0.2, 0.25) is 0 Å². The molecule has 0 radical (unpaired) electrons. The predicted octanol–water partition coefficient (Wildman–Crippen LogP) is 4.99. The minimum absolute atomic E-state index is 0.0686. The maximum atomic E-state index is 12.0. The Morgan fingerprint density at radius 2 is 1.78 bits per heavy atom. The highest BCUT2D eigenvalue weighted by Crippen LogP contribution is 2.30. The standard InChI is InChI=1S/C23H30N2O2/c1-2-3-4-5-6-7-10-15-27-22-14-13-18-11-8-9-12-20(18)21(22)16-19-17-24-25-23(19)26/h8-9,11-14,16,24H,2-7,10,15,17H2,1H3,(H,25,26)/b19-16+. The number of benzene rings is 2. The van der Waals surface area contributed by atoms with Crippen LogP contribution in [-0.4, -0.2) is 19.1 Å². The van der Waals surface area contributed by atoms with E-state index < -0.39 is 0 Å². The van der Waals surface area contributed by atoms with E-state index in [4.69, 9.17) is 4.74 Å². The second kappa shape index (κ2) is 10.1. The molecule has 0 bridgehead atoms. The molecule has 1 heterocycles. The Bertz CT molecular complexity index is 798. The van der Waals surface area contributed by atoms with Crippen molar-refractivity contribution < 1.29 is 9.53 Å². The van der Waals surface area contributed by atoms with Crippen molar-refractivity contribution in [3.8, 4) is 5.75 Å². The van der Waals surface area contributed by atoms with Gasteiger partial charge in [0.05, 0.1) is 6.61 Å². The van der Waals surface area contributed by atoms with Crippen LogP contribution in [0.1, 0.15) is 57.4 Å². The molecular weight excluding hydrogens is 336 g/mol. The normalized spacial score (nSPS) is 15.4. The third-order valence-electron chi connectivity index (χ3n) is 5.03. The van der Waals surface area contributed by atoms with Crippen molar-refractivity contribution in [2.75, 3.05) is 13.2 Å². The molecule has 0 atom stereocenters. The van der Waals surface area contributed by atoms with Crippen LogP contribution in [0.25, 0.3) is 16.8 Å². The van der Waals surface area contributed by atoms with Gasteiger partial charge in [-0.1, -0.05) is 75.8 Å². The Morgan fingerprint density at radius 1 is 1.00 bits per heavy atom. The Kier molecular flexibility index (Phi) is 7.28. The lowest BCUT2D eigenvalue weighted by molar-refractivity contribution is -0.116. The SMILES string of the molecule is CCCCCCCCCOc1ccc2ccccc2c1/C=C1\CNNC1=O. The summed E-state index contributed by atoms with van der Waals surface area (Å²) in [6.07, 6.45) is 10.8. The lowest BCUT2D eigenvalue weighted by Gasteiger charge is -2.12. The van der Waals surface area contributed by atoms with Gasteiger partial charge in [0.15, 0.2) is 0 Å². The zero-order valence-corrected chi connectivity index (χ0v) is 16.2. The fourth-order valence-corrected chi connectivity index (χ4v) is 3.46. The molecule has 144 valence electrons. The summed E-state index contributed by atoms with van der Waals surface area (Å²) in [7, 11) is 0. The van der Waals surface area contributed by atoms with Crippen LogP contribution in [0.4, 0.5) is 0 Å². The van der Waals surface area contributed by atoms with E-state index in [0.717, 1.165) is 34.1 Å². The van der Waals surface area contributed by atoms with Gasteiger partial charge < -0.3 is 4.74 Å². The van der Waals surface area contributed by atoms with Crippen LogP contribution in [0.3, 0.4) is 0 Å². The number of hydrogen-bond donors (Lipinski definition) is 2. The van der Waals surface area contributed by atoms with Gasteiger partial charge in [-0.25, -0.2) is 5.43 Å². The molecular formula is C23H30N2O2. The summed E-state index contributed by atoms with van der Waals surface area (Å²) in [6.45, 7) is 3.49. The van der Waals surface area contributed by atoms with Gasteiger partial charge in [-0.2, -0.15) is 0 Å². The molecule has 0 aromatic heterocycles. The van der Waals surface area contributed by atoms with Gasteiger partial charge in [0.1, 0.15) is 5.75 Å². The van der Waals surface area contributed by atoms with Crippen molar-refractivity contribution in [3.63, 3.8) is 0 Å². The molecule has 0 unspecified atom stereocenters. The summed E-state index contributed by atoms with van der Waals surface area (Å²) in [5.74, 6) is 0.785. The highest BCUT2D eigenvalue weighted by Gasteiger charge is 2.17. The molecule has 3 rings (SSSR count). The number of carbonyl (C=O) groups excluding carboxylic acids is 1. The van der Waals surface area contributed by atoms with E-state index in [1.807, 2.05) is 24.3 Å². The number of hydrazine groups is 1. The molecule has 0 spiro atoms. The van der Waals surface area contributed by atoms with E-state index >= 15 is 0 Å². The second-order valence-electron chi connectivity index (χ2n) is 7.15. The van der Waals surface area contributed by atoms with Gasteiger partial charge in [0.25, 0.3) is 5.91 Å². The van der Waals surface area contributed by atoms with Crippen LogP contribution >= 0.6 is 0 Å². The van der Waals surface area contributed by atoms with E-state index in [2.05, 4.69) is 36.0 Å². The second-order valence-corrected chi connectivity index (χ2v) is 7.15. The minimum Gasteiger partial charge on any atom is -0.493 e. The van der Waals surface area contributed by atoms with E-state index in [1.54, 1.807) is 0 Å². The number of hydrogen-bond acceptors (Lipinski definition) is 3. The molecule has 4 heteroatoms. The number of nitrogens with one attached hydrogen (secondary N) is 2. The van der Waals surface area contributed by atoms with Crippen molar-refractivity contribution in [2.24, 2.45) is 0 Å². The average Bonchev–Trinajstić information content (AvgIpc) is 3.10. The molecule has 2 N–H and O–H groups in total. The van der Waals surface area contributed by atoms with Crippen LogP contribution in [0.15, 0.2) is 42.0 Å². The van der Waals surface area contributed by atoms with E-state index in [1.165, 1.54) is 38.5 Å². The van der Waals surface area contributed by atoms with Crippen molar-refractivity contribution >= 4 is 22.8 Å². The monoisotopic (exact) mass is 366 g/mol. The molecule has 0 aliphatic carbocycles. The van der Waals surface area contributed by atoms with Crippen molar-refractivity contribution in [2.45, 2.75) is 51.9 Å². The number of fused-ring (bicyclic) bond motifs is 1. The van der Waals surface area contributed by atoms with Crippen LogP contribution < -0.4 is 15.6 Å². The third kappa shape index (κ3) is 5.33. The van der Waals surface area contributed by atoms with Gasteiger partial charge in [-0.3, -0.25) is 10.2 Å². The molecule has 1 aliphatic rings. The van der Waals surface area contributed by atoms with Gasteiger partial charge in [-0.05, 0) is 29.3 Å². The minimum atomic E-state index is -0.0686. The smallest absolute Gasteiger partial charge is 0.262 e. The Balaban J connectivity index is 1.67. The first-order chi connectivity index (χ1) is 13.3. The summed E-state index contributed by atoms with van der Waals surface area (Å²) in [5.41, 5.74) is 7.24. The number of ether oxygens (including phenoxy) is 1. The first-order valence-electron chi connectivity index (χ1n) is 10.2. The lowest BCUT2D eigenvalue weighted by atomic mass is 10.0. The highest BCUT2D eigenvalue weighted by molar-refractivity contribution is 6.03. The quantitative estimate of drug-likeness (QED) is 0.460. The largest absolute Gasteiger partial charge is 0.493 e. The molecule has 1 saturated heterocycles. The first-order valence-corrected chi connectivity index (χ1v) is 10.2. The molecule has 27 heavy (non-hydrogen) atoms. The predicted molar refractivity (Wildman–Crippen MR) is 112 cm³/mol. The van der Waals surface area contributed by atoms with Gasteiger partial charge in [0, 0.05) is 17.7 Å². The molecule has 0 saturated carbocycles. The zero-order chi connectivity index (χ0) is 18.9. The topological polar surface area (TPSA) is 50.4 Å². The van der Waals surface area contributed by atoms with Crippen LogP contribution in [0.5, 0.6) is 5.75 Å². The summed E-state index contributed by atoms with van der Waals surface area (Å²) in [6, 6.07) is 12.3. The van der Waals surface area contributed by atoms with Gasteiger partial charge >= 0.3 is 0 Å². The van der Waals surface area contributed by atoms with E-state index in [-0.39, 0.29) is 5.91 Å². The fraction of sp³-hybridized carbons (Fsp3) is 0.435. The summed E-state index contributed by atoms with van der Waals surface area (Å²) < 4.78 is 6.12. The Labute approximate surface area is 162 Å². The highest BCUT2D eigenvalue weighted by atomic mass is 16.5. The molecule has 1 amide bonds. The first kappa shape index (κ1) is 19.4. The maximum absolute atomic E-state index is 12.0.